The molecule has 4 rings (SSSR count). The lowest BCUT2D eigenvalue weighted by molar-refractivity contribution is 0.0937. The van der Waals surface area contributed by atoms with Crippen LogP contribution >= 0.6 is 0 Å². The van der Waals surface area contributed by atoms with Crippen LogP contribution in [0.15, 0.2) is 48.7 Å². The smallest absolute Gasteiger partial charge is 0.333 e. The first kappa shape index (κ1) is 18.5. The van der Waals surface area contributed by atoms with E-state index >= 15 is 0 Å². The molecule has 3 N–H and O–H groups in total. The van der Waals surface area contributed by atoms with Crippen LogP contribution in [0, 0.1) is 0 Å². The van der Waals surface area contributed by atoms with Crippen LogP contribution in [0.1, 0.15) is 10.4 Å². The second-order valence-electron chi connectivity index (χ2n) is 6.37. The van der Waals surface area contributed by atoms with E-state index in [1.54, 1.807) is 24.4 Å². The van der Waals surface area contributed by atoms with Crippen LogP contribution in [-0.4, -0.2) is 36.4 Å². The van der Waals surface area contributed by atoms with Gasteiger partial charge in [-0.1, -0.05) is 18.2 Å². The van der Waals surface area contributed by atoms with Gasteiger partial charge < -0.3 is 24.1 Å². The number of nitrogens with one attached hydrogen (secondary N) is 3. The van der Waals surface area contributed by atoms with E-state index in [1.807, 2.05) is 35.9 Å². The third kappa shape index (κ3) is 4.03. The van der Waals surface area contributed by atoms with Gasteiger partial charge in [-0.25, -0.2) is 10.2 Å². The van der Waals surface area contributed by atoms with Crippen molar-refractivity contribution in [3.8, 4) is 17.2 Å². The number of aryl methyl sites for hydroxylation is 1. The van der Waals surface area contributed by atoms with E-state index in [9.17, 15) is 9.59 Å². The van der Waals surface area contributed by atoms with Gasteiger partial charge in [0.25, 0.3) is 5.91 Å². The number of benzene rings is 2. The number of amides is 3. The van der Waals surface area contributed by atoms with Gasteiger partial charge in [0.1, 0.15) is 12.4 Å². The van der Waals surface area contributed by atoms with Gasteiger partial charge in [0.05, 0.1) is 12.1 Å². The van der Waals surface area contributed by atoms with E-state index in [0.717, 1.165) is 10.9 Å². The van der Waals surface area contributed by atoms with E-state index in [-0.39, 0.29) is 19.9 Å². The molecular formula is C20H20N4O5. The number of rotatable bonds is 5. The van der Waals surface area contributed by atoms with Crippen molar-refractivity contribution in [1.29, 1.82) is 0 Å². The van der Waals surface area contributed by atoms with E-state index < -0.39 is 11.9 Å². The first-order valence-corrected chi connectivity index (χ1v) is 9.02. The third-order valence-corrected chi connectivity index (χ3v) is 4.43. The van der Waals surface area contributed by atoms with Crippen molar-refractivity contribution in [3.05, 3.63) is 54.2 Å². The molecule has 0 radical (unpaired) electrons. The van der Waals surface area contributed by atoms with Crippen molar-refractivity contribution in [2.45, 2.75) is 0 Å². The molecule has 1 aliphatic heterocycles. The predicted molar refractivity (Wildman–Crippen MR) is 105 cm³/mol. The zero-order valence-corrected chi connectivity index (χ0v) is 15.7. The van der Waals surface area contributed by atoms with Gasteiger partial charge in [-0.3, -0.25) is 10.2 Å². The summed E-state index contributed by atoms with van der Waals surface area (Å²) in [5, 5.41) is 3.42. The van der Waals surface area contributed by atoms with Crippen molar-refractivity contribution in [3.63, 3.8) is 0 Å². The molecule has 0 saturated heterocycles. The van der Waals surface area contributed by atoms with Gasteiger partial charge in [-0.05, 0) is 18.2 Å². The zero-order valence-electron chi connectivity index (χ0n) is 15.7. The minimum absolute atomic E-state index is 0.199. The molecule has 0 saturated carbocycles. The Morgan fingerprint density at radius 3 is 2.83 bits per heavy atom. The topological polar surface area (TPSA) is 103 Å². The molecule has 2 aromatic carbocycles. The second-order valence-corrected chi connectivity index (χ2v) is 6.37. The van der Waals surface area contributed by atoms with Crippen molar-refractivity contribution in [2.24, 2.45) is 7.05 Å². The molecule has 2 heterocycles. The number of carbonyl (C=O) groups excluding carboxylic acids is 2. The number of carbonyl (C=O) groups is 2. The summed E-state index contributed by atoms with van der Waals surface area (Å²) in [4.78, 5) is 24.2. The Morgan fingerprint density at radius 2 is 1.93 bits per heavy atom. The number of hydrogen-bond donors (Lipinski definition) is 3. The van der Waals surface area contributed by atoms with Crippen molar-refractivity contribution < 1.29 is 23.8 Å². The van der Waals surface area contributed by atoms with E-state index in [0.29, 0.717) is 22.8 Å². The fourth-order valence-corrected chi connectivity index (χ4v) is 3.05. The summed E-state index contributed by atoms with van der Waals surface area (Å²) in [6.07, 6.45) is 1.72. The highest BCUT2D eigenvalue weighted by Gasteiger charge is 2.15. The summed E-state index contributed by atoms with van der Waals surface area (Å²) in [7, 11) is 1.86. The van der Waals surface area contributed by atoms with E-state index in [1.165, 1.54) is 0 Å². The standard InChI is InChI=1S/C20H20N4O5/c1-24-11-15(14-4-2-3-5-16(14)24)19(25)22-23-20(26)21-8-9-27-13-6-7-17-18(10-13)29-12-28-17/h2-7,10-11H,8-9,12H2,1H3,(H,22,25)(H2,21,23,26). The molecule has 9 nitrogen and oxygen atoms in total. The molecule has 0 atom stereocenters. The maximum absolute atomic E-state index is 12.4. The molecule has 9 heteroatoms. The number of nitrogens with zero attached hydrogens (tertiary/aromatic N) is 1. The molecular weight excluding hydrogens is 376 g/mol. The largest absolute Gasteiger partial charge is 0.492 e. The highest BCUT2D eigenvalue weighted by Crippen LogP contribution is 2.34. The number of fused-ring (bicyclic) bond motifs is 2. The summed E-state index contributed by atoms with van der Waals surface area (Å²) in [6.45, 7) is 0.708. The Balaban J connectivity index is 1.21. The van der Waals surface area contributed by atoms with Crippen LogP contribution in [0.2, 0.25) is 0 Å². The number of urea groups is 1. The molecule has 3 aromatic rings. The number of aromatic nitrogens is 1. The van der Waals surface area contributed by atoms with Gasteiger partial charge in [0.15, 0.2) is 11.5 Å². The molecule has 0 bridgehead atoms. The number of hydrazine groups is 1. The van der Waals surface area contributed by atoms with Gasteiger partial charge >= 0.3 is 6.03 Å². The molecule has 3 amide bonds. The molecule has 0 spiro atoms. The minimum atomic E-state index is -0.534. The summed E-state index contributed by atoms with van der Waals surface area (Å²) >= 11 is 0. The SMILES string of the molecule is Cn1cc(C(=O)NNC(=O)NCCOc2ccc3c(c2)OCO3)c2ccccc21. The Bertz CT molecular complexity index is 1060. The zero-order chi connectivity index (χ0) is 20.2. The van der Waals surface area contributed by atoms with Gasteiger partial charge in [-0.2, -0.15) is 0 Å². The Kier molecular flexibility index (Phi) is 5.10. The van der Waals surface area contributed by atoms with Crippen LogP contribution in [0.25, 0.3) is 10.9 Å². The Labute approximate surface area is 166 Å². The Hall–Kier alpha value is -3.88. The van der Waals surface area contributed by atoms with Gasteiger partial charge in [0, 0.05) is 30.2 Å². The predicted octanol–water partition coefficient (Wildman–Crippen LogP) is 1.93. The second kappa shape index (κ2) is 8.01. The fraction of sp³-hybridized carbons (Fsp3) is 0.200. The molecule has 0 unspecified atom stereocenters. The fourth-order valence-electron chi connectivity index (χ4n) is 3.05. The monoisotopic (exact) mass is 396 g/mol. The summed E-state index contributed by atoms with van der Waals surface area (Å²) in [6, 6.07) is 12.3. The van der Waals surface area contributed by atoms with Crippen LogP contribution in [0.3, 0.4) is 0 Å². The van der Waals surface area contributed by atoms with Crippen molar-refractivity contribution in [2.75, 3.05) is 19.9 Å². The summed E-state index contributed by atoms with van der Waals surface area (Å²) in [5.74, 6) is 1.52. The van der Waals surface area contributed by atoms with Crippen molar-refractivity contribution in [1.82, 2.24) is 20.7 Å². The maximum Gasteiger partial charge on any atom is 0.333 e. The highest BCUT2D eigenvalue weighted by atomic mass is 16.7. The number of hydrogen-bond acceptors (Lipinski definition) is 5. The van der Waals surface area contributed by atoms with Crippen LogP contribution in [-0.2, 0) is 7.05 Å². The van der Waals surface area contributed by atoms with Gasteiger partial charge in [0.2, 0.25) is 6.79 Å². The molecule has 0 aliphatic carbocycles. The van der Waals surface area contributed by atoms with Crippen molar-refractivity contribution >= 4 is 22.8 Å². The number of para-hydroxylation sites is 1. The first-order chi connectivity index (χ1) is 14.1. The molecule has 150 valence electrons. The molecule has 0 fully saturated rings. The average molecular weight is 396 g/mol. The first-order valence-electron chi connectivity index (χ1n) is 9.02. The Morgan fingerprint density at radius 1 is 1.10 bits per heavy atom. The van der Waals surface area contributed by atoms with Crippen LogP contribution in [0.5, 0.6) is 17.2 Å². The van der Waals surface area contributed by atoms with Crippen LogP contribution < -0.4 is 30.4 Å². The van der Waals surface area contributed by atoms with E-state index in [2.05, 4.69) is 16.2 Å². The number of ether oxygens (including phenoxy) is 3. The lowest BCUT2D eigenvalue weighted by Gasteiger charge is -2.10. The highest BCUT2D eigenvalue weighted by molar-refractivity contribution is 6.07. The normalized spacial score (nSPS) is 11.9. The molecule has 1 aliphatic rings. The maximum atomic E-state index is 12.4. The lowest BCUT2D eigenvalue weighted by atomic mass is 10.2. The summed E-state index contributed by atoms with van der Waals surface area (Å²) < 4.78 is 17.9. The molecule has 1 aromatic heterocycles. The lowest BCUT2D eigenvalue weighted by Crippen LogP contribution is -2.47. The van der Waals surface area contributed by atoms with E-state index in [4.69, 9.17) is 14.2 Å². The van der Waals surface area contributed by atoms with Gasteiger partial charge in [-0.15, -0.1) is 0 Å². The third-order valence-electron chi connectivity index (χ3n) is 4.43. The summed E-state index contributed by atoms with van der Waals surface area (Å²) in [5.41, 5.74) is 6.16. The molecule has 29 heavy (non-hydrogen) atoms. The quantitative estimate of drug-likeness (QED) is 0.452. The minimum Gasteiger partial charge on any atom is -0.492 e. The van der Waals surface area contributed by atoms with Crippen LogP contribution in [0.4, 0.5) is 4.79 Å². The average Bonchev–Trinajstić information content (AvgIpc) is 3.34.